The van der Waals surface area contributed by atoms with E-state index in [1.54, 1.807) is 0 Å². The first-order valence-electron chi connectivity index (χ1n) is 2.91. The molecule has 44 valence electrons. The third-order valence-corrected chi connectivity index (χ3v) is 1.87. The lowest BCUT2D eigenvalue weighted by Gasteiger charge is -2.10. The van der Waals surface area contributed by atoms with Crippen LogP contribution in [0.4, 0.5) is 0 Å². The van der Waals surface area contributed by atoms with Crippen molar-refractivity contribution in [3.8, 4) is 0 Å². The molecule has 8 heavy (non-hydrogen) atoms. The molecule has 0 radical (unpaired) electrons. The van der Waals surface area contributed by atoms with Gasteiger partial charge in [0.05, 0.1) is 0 Å². The van der Waals surface area contributed by atoms with E-state index in [0.29, 0.717) is 5.71 Å². The Balaban J connectivity index is 2.52. The van der Waals surface area contributed by atoms with Crippen LogP contribution in [0.25, 0.3) is 0 Å². The maximum Gasteiger partial charge on any atom is 0.0453 e. The molecular weight excluding hydrogens is 118 g/mol. The SMILES string of the molecule is N=C1CCCCC1=S. The molecular formula is C6H9NS. The first-order valence-corrected chi connectivity index (χ1v) is 3.32. The fourth-order valence-corrected chi connectivity index (χ4v) is 1.12. The topological polar surface area (TPSA) is 23.9 Å². The summed E-state index contributed by atoms with van der Waals surface area (Å²) >= 11 is 4.90. The zero-order valence-electron chi connectivity index (χ0n) is 4.74. The Morgan fingerprint density at radius 2 is 1.88 bits per heavy atom. The largest absolute Gasteiger partial charge is 0.304 e. The first kappa shape index (κ1) is 5.89. The molecule has 1 aliphatic carbocycles. The maximum absolute atomic E-state index is 7.25. The minimum absolute atomic E-state index is 0.700. The van der Waals surface area contributed by atoms with Crippen molar-refractivity contribution in [2.45, 2.75) is 25.7 Å². The van der Waals surface area contributed by atoms with Gasteiger partial charge < -0.3 is 5.41 Å². The van der Waals surface area contributed by atoms with Crippen LogP contribution in [0.3, 0.4) is 0 Å². The second kappa shape index (κ2) is 2.35. The zero-order chi connectivity index (χ0) is 5.98. The first-order chi connectivity index (χ1) is 3.80. The van der Waals surface area contributed by atoms with Crippen LogP contribution in [0, 0.1) is 5.41 Å². The van der Waals surface area contributed by atoms with Crippen molar-refractivity contribution < 1.29 is 0 Å². The third kappa shape index (κ3) is 1.13. The Bertz CT molecular complexity index is 112. The van der Waals surface area contributed by atoms with Crippen LogP contribution in [0.15, 0.2) is 0 Å². The van der Waals surface area contributed by atoms with E-state index >= 15 is 0 Å². The van der Waals surface area contributed by atoms with Crippen LogP contribution in [0.2, 0.25) is 0 Å². The van der Waals surface area contributed by atoms with Gasteiger partial charge in [0.15, 0.2) is 0 Å². The highest BCUT2D eigenvalue weighted by molar-refractivity contribution is 7.82. The summed E-state index contributed by atoms with van der Waals surface area (Å²) in [5.41, 5.74) is 0.700. The second-order valence-electron chi connectivity index (χ2n) is 2.11. The summed E-state index contributed by atoms with van der Waals surface area (Å²) < 4.78 is 0. The summed E-state index contributed by atoms with van der Waals surface area (Å²) in [4.78, 5) is 0.885. The van der Waals surface area contributed by atoms with Gasteiger partial charge in [-0.3, -0.25) is 0 Å². The van der Waals surface area contributed by atoms with Crippen LogP contribution in [-0.2, 0) is 0 Å². The van der Waals surface area contributed by atoms with Gasteiger partial charge in [0.2, 0.25) is 0 Å². The van der Waals surface area contributed by atoms with Gasteiger partial charge in [0.25, 0.3) is 0 Å². The van der Waals surface area contributed by atoms with Gasteiger partial charge in [-0.1, -0.05) is 12.2 Å². The molecule has 0 aromatic carbocycles. The monoisotopic (exact) mass is 127 g/mol. The minimum Gasteiger partial charge on any atom is -0.304 e. The predicted octanol–water partition coefficient (Wildman–Crippen LogP) is 1.95. The van der Waals surface area contributed by atoms with Crippen molar-refractivity contribution in [1.82, 2.24) is 0 Å². The molecule has 1 rings (SSSR count). The van der Waals surface area contributed by atoms with Crippen LogP contribution >= 0.6 is 12.2 Å². The molecule has 2 heteroatoms. The van der Waals surface area contributed by atoms with Gasteiger partial charge in [-0.05, 0) is 25.7 Å². The highest BCUT2D eigenvalue weighted by Crippen LogP contribution is 2.11. The lowest BCUT2D eigenvalue weighted by molar-refractivity contribution is 0.780. The summed E-state index contributed by atoms with van der Waals surface area (Å²) in [6.45, 7) is 0. The van der Waals surface area contributed by atoms with E-state index in [1.807, 2.05) is 0 Å². The van der Waals surface area contributed by atoms with Crippen molar-refractivity contribution in [2.75, 3.05) is 0 Å². The van der Waals surface area contributed by atoms with Gasteiger partial charge in [-0.25, -0.2) is 0 Å². The molecule has 0 aromatic heterocycles. The molecule has 1 N–H and O–H groups in total. The van der Waals surface area contributed by atoms with Crippen molar-refractivity contribution in [1.29, 1.82) is 5.41 Å². The standard InChI is InChI=1S/C6H9NS/c7-5-3-1-2-4-6(5)8/h7H,1-4H2. The molecule has 0 saturated heterocycles. The molecule has 0 aliphatic heterocycles. The number of hydrogen-bond donors (Lipinski definition) is 1. The average molecular weight is 127 g/mol. The Hall–Kier alpha value is -0.240. The Labute approximate surface area is 54.6 Å². The number of thiocarbonyl (C=S) groups is 1. The Morgan fingerprint density at radius 1 is 1.25 bits per heavy atom. The molecule has 0 bridgehead atoms. The predicted molar refractivity (Wildman–Crippen MR) is 38.8 cm³/mol. The summed E-state index contributed by atoms with van der Waals surface area (Å²) in [6, 6.07) is 0. The lowest BCUT2D eigenvalue weighted by Crippen LogP contribution is -2.14. The van der Waals surface area contributed by atoms with Crippen LogP contribution < -0.4 is 0 Å². The van der Waals surface area contributed by atoms with Crippen molar-refractivity contribution in [3.05, 3.63) is 0 Å². The van der Waals surface area contributed by atoms with E-state index in [4.69, 9.17) is 17.6 Å². The van der Waals surface area contributed by atoms with Crippen LogP contribution in [0.5, 0.6) is 0 Å². The number of nitrogens with one attached hydrogen (secondary N) is 1. The number of hydrogen-bond acceptors (Lipinski definition) is 2. The lowest BCUT2D eigenvalue weighted by atomic mass is 9.99. The minimum atomic E-state index is 0.700. The summed E-state index contributed by atoms with van der Waals surface area (Å²) in [5, 5.41) is 7.25. The molecule has 1 saturated carbocycles. The van der Waals surface area contributed by atoms with Gasteiger partial charge >= 0.3 is 0 Å². The van der Waals surface area contributed by atoms with Crippen molar-refractivity contribution in [2.24, 2.45) is 0 Å². The maximum atomic E-state index is 7.25. The quantitative estimate of drug-likeness (QED) is 0.494. The Morgan fingerprint density at radius 3 is 2.25 bits per heavy atom. The van der Waals surface area contributed by atoms with E-state index < -0.39 is 0 Å². The van der Waals surface area contributed by atoms with E-state index in [2.05, 4.69) is 0 Å². The molecule has 1 nitrogen and oxygen atoms in total. The molecule has 0 unspecified atom stereocenters. The zero-order valence-corrected chi connectivity index (χ0v) is 5.55. The fraction of sp³-hybridized carbons (Fsp3) is 0.667. The molecule has 1 fully saturated rings. The summed E-state index contributed by atoms with van der Waals surface area (Å²) in [5.74, 6) is 0. The van der Waals surface area contributed by atoms with E-state index in [-0.39, 0.29) is 0 Å². The number of rotatable bonds is 0. The third-order valence-electron chi connectivity index (χ3n) is 1.42. The van der Waals surface area contributed by atoms with Gasteiger partial charge in [-0.2, -0.15) is 0 Å². The molecule has 0 aromatic rings. The average Bonchev–Trinajstić information content (AvgIpc) is 1.77. The molecule has 0 spiro atoms. The van der Waals surface area contributed by atoms with Gasteiger partial charge in [0, 0.05) is 10.6 Å². The molecule has 1 aliphatic rings. The van der Waals surface area contributed by atoms with E-state index in [0.717, 1.165) is 17.7 Å². The summed E-state index contributed by atoms with van der Waals surface area (Å²) in [7, 11) is 0. The molecule has 0 amide bonds. The van der Waals surface area contributed by atoms with Crippen molar-refractivity contribution in [3.63, 3.8) is 0 Å². The van der Waals surface area contributed by atoms with Crippen LogP contribution in [-0.4, -0.2) is 10.6 Å². The molecule has 0 heterocycles. The van der Waals surface area contributed by atoms with E-state index in [9.17, 15) is 0 Å². The van der Waals surface area contributed by atoms with Crippen molar-refractivity contribution >= 4 is 22.8 Å². The fourth-order valence-electron chi connectivity index (χ4n) is 0.878. The Kier molecular flexibility index (Phi) is 1.73. The van der Waals surface area contributed by atoms with E-state index in [1.165, 1.54) is 12.8 Å². The second-order valence-corrected chi connectivity index (χ2v) is 2.60. The smallest absolute Gasteiger partial charge is 0.0453 e. The van der Waals surface area contributed by atoms with Gasteiger partial charge in [-0.15, -0.1) is 0 Å². The summed E-state index contributed by atoms with van der Waals surface area (Å²) in [6.07, 6.45) is 4.26. The highest BCUT2D eigenvalue weighted by Gasteiger charge is 2.09. The molecule has 0 atom stereocenters. The highest BCUT2D eigenvalue weighted by atomic mass is 32.1. The van der Waals surface area contributed by atoms with Crippen LogP contribution in [0.1, 0.15) is 25.7 Å². The van der Waals surface area contributed by atoms with Gasteiger partial charge in [0.1, 0.15) is 0 Å². The normalized spacial score (nSPS) is 21.5.